The van der Waals surface area contributed by atoms with Crippen molar-refractivity contribution in [3.05, 3.63) is 29.8 Å². The predicted molar refractivity (Wildman–Crippen MR) is 80.8 cm³/mol. The van der Waals surface area contributed by atoms with E-state index in [1.165, 1.54) is 11.3 Å². The van der Waals surface area contributed by atoms with E-state index in [0.29, 0.717) is 12.5 Å². The molecule has 1 aromatic carbocycles. The highest BCUT2D eigenvalue weighted by atomic mass is 16.5. The van der Waals surface area contributed by atoms with Crippen molar-refractivity contribution in [3.8, 4) is 0 Å². The van der Waals surface area contributed by atoms with Gasteiger partial charge in [-0.2, -0.15) is 0 Å². The lowest BCUT2D eigenvalue weighted by Gasteiger charge is -2.28. The molecule has 2 N–H and O–H groups in total. The zero-order valence-corrected chi connectivity index (χ0v) is 12.5. The van der Waals surface area contributed by atoms with Crippen molar-refractivity contribution in [1.82, 2.24) is 5.32 Å². The third-order valence-corrected chi connectivity index (χ3v) is 3.44. The number of fused-ring (bicyclic) bond motifs is 1. The van der Waals surface area contributed by atoms with Crippen LogP contribution in [0.25, 0.3) is 0 Å². The van der Waals surface area contributed by atoms with Gasteiger partial charge in [0.2, 0.25) is 5.91 Å². The molecule has 0 radical (unpaired) electrons. The summed E-state index contributed by atoms with van der Waals surface area (Å²) < 4.78 is 5.87. The molecule has 0 fully saturated rings. The first-order chi connectivity index (χ1) is 9.56. The number of ether oxygens (including phenoxy) is 1. The van der Waals surface area contributed by atoms with E-state index in [0.717, 1.165) is 13.0 Å². The van der Waals surface area contributed by atoms with Gasteiger partial charge in [0.05, 0.1) is 6.10 Å². The molecule has 1 aliphatic rings. The SMILES string of the molecule is CC(C)CNC(=O)C(C)OC1CNc2ccccc2C1. The molecule has 1 heterocycles. The third kappa shape index (κ3) is 3.97. The molecule has 4 heteroatoms. The van der Waals surface area contributed by atoms with Gasteiger partial charge in [0.15, 0.2) is 0 Å². The van der Waals surface area contributed by atoms with Gasteiger partial charge in [-0.3, -0.25) is 4.79 Å². The second-order valence-corrected chi connectivity index (χ2v) is 5.78. The maximum Gasteiger partial charge on any atom is 0.248 e. The molecule has 0 aliphatic carbocycles. The number of hydrogen-bond acceptors (Lipinski definition) is 3. The number of benzene rings is 1. The molecule has 0 aromatic heterocycles. The van der Waals surface area contributed by atoms with Crippen molar-refractivity contribution < 1.29 is 9.53 Å². The van der Waals surface area contributed by atoms with E-state index < -0.39 is 6.10 Å². The number of amides is 1. The number of hydrogen-bond donors (Lipinski definition) is 2. The van der Waals surface area contributed by atoms with Crippen LogP contribution in [0.3, 0.4) is 0 Å². The summed E-state index contributed by atoms with van der Waals surface area (Å²) in [4.78, 5) is 11.9. The van der Waals surface area contributed by atoms with Gasteiger partial charge < -0.3 is 15.4 Å². The Morgan fingerprint density at radius 1 is 1.40 bits per heavy atom. The van der Waals surface area contributed by atoms with Gasteiger partial charge >= 0.3 is 0 Å². The summed E-state index contributed by atoms with van der Waals surface area (Å²) in [5.41, 5.74) is 2.42. The quantitative estimate of drug-likeness (QED) is 0.867. The van der Waals surface area contributed by atoms with E-state index in [2.05, 4.69) is 36.6 Å². The van der Waals surface area contributed by atoms with Gasteiger partial charge in [0.25, 0.3) is 0 Å². The highest BCUT2D eigenvalue weighted by Crippen LogP contribution is 2.22. The van der Waals surface area contributed by atoms with E-state index in [9.17, 15) is 4.79 Å². The molecule has 2 atom stereocenters. The van der Waals surface area contributed by atoms with Crippen molar-refractivity contribution in [2.75, 3.05) is 18.4 Å². The Morgan fingerprint density at radius 2 is 2.15 bits per heavy atom. The van der Waals surface area contributed by atoms with Crippen molar-refractivity contribution in [3.63, 3.8) is 0 Å². The Kier molecular flexibility index (Phi) is 5.01. The standard InChI is InChI=1S/C16H24N2O2/c1-11(2)9-18-16(19)12(3)20-14-8-13-6-4-5-7-15(13)17-10-14/h4-7,11-12,14,17H,8-10H2,1-3H3,(H,18,19). The van der Waals surface area contributed by atoms with E-state index in [1.54, 1.807) is 0 Å². The normalized spacial score (nSPS) is 19.1. The van der Waals surface area contributed by atoms with E-state index in [1.807, 2.05) is 19.1 Å². The van der Waals surface area contributed by atoms with Crippen LogP contribution in [0.1, 0.15) is 26.3 Å². The molecule has 0 spiro atoms. The van der Waals surface area contributed by atoms with E-state index in [-0.39, 0.29) is 12.0 Å². The molecule has 1 aliphatic heterocycles. The van der Waals surface area contributed by atoms with Crippen molar-refractivity contribution >= 4 is 11.6 Å². The van der Waals surface area contributed by atoms with Crippen LogP contribution in [0, 0.1) is 5.92 Å². The minimum absolute atomic E-state index is 0.0300. The highest BCUT2D eigenvalue weighted by molar-refractivity contribution is 5.80. The van der Waals surface area contributed by atoms with Crippen LogP contribution in [0.2, 0.25) is 0 Å². The van der Waals surface area contributed by atoms with Gasteiger partial charge in [-0.1, -0.05) is 32.0 Å². The molecule has 0 saturated carbocycles. The first-order valence-corrected chi connectivity index (χ1v) is 7.31. The van der Waals surface area contributed by atoms with Gasteiger partial charge in [-0.05, 0) is 24.5 Å². The molecule has 0 saturated heterocycles. The maximum atomic E-state index is 11.9. The molecule has 0 bridgehead atoms. The van der Waals surface area contributed by atoms with Crippen LogP contribution >= 0.6 is 0 Å². The third-order valence-electron chi connectivity index (χ3n) is 3.44. The fourth-order valence-corrected chi connectivity index (χ4v) is 2.31. The lowest BCUT2D eigenvalue weighted by atomic mass is 10.0. The Hall–Kier alpha value is -1.55. The fourth-order valence-electron chi connectivity index (χ4n) is 2.31. The average Bonchev–Trinajstić information content (AvgIpc) is 2.44. The average molecular weight is 276 g/mol. The molecule has 110 valence electrons. The summed E-state index contributed by atoms with van der Waals surface area (Å²) in [6.07, 6.45) is 0.487. The molecule has 1 amide bonds. The fraction of sp³-hybridized carbons (Fsp3) is 0.562. The van der Waals surface area contributed by atoms with Crippen molar-refractivity contribution in [2.45, 2.75) is 39.4 Å². The second kappa shape index (κ2) is 6.75. The Balaban J connectivity index is 1.84. The lowest BCUT2D eigenvalue weighted by molar-refractivity contribution is -0.135. The summed E-state index contributed by atoms with van der Waals surface area (Å²) in [5, 5.41) is 6.26. The highest BCUT2D eigenvalue weighted by Gasteiger charge is 2.23. The van der Waals surface area contributed by atoms with Crippen LogP contribution in [0.5, 0.6) is 0 Å². The number of carbonyl (C=O) groups is 1. The molecule has 2 unspecified atom stereocenters. The van der Waals surface area contributed by atoms with Crippen LogP contribution in [0.15, 0.2) is 24.3 Å². The van der Waals surface area contributed by atoms with Crippen LogP contribution < -0.4 is 10.6 Å². The number of anilines is 1. The Bertz CT molecular complexity index is 460. The van der Waals surface area contributed by atoms with Gasteiger partial charge in [-0.25, -0.2) is 0 Å². The van der Waals surface area contributed by atoms with E-state index >= 15 is 0 Å². The summed E-state index contributed by atoms with van der Waals surface area (Å²) in [5.74, 6) is 0.423. The number of para-hydroxylation sites is 1. The molecule has 1 aromatic rings. The number of carbonyl (C=O) groups excluding carboxylic acids is 1. The van der Waals surface area contributed by atoms with Crippen molar-refractivity contribution in [2.24, 2.45) is 5.92 Å². The van der Waals surface area contributed by atoms with Crippen LogP contribution in [0.4, 0.5) is 5.69 Å². The topological polar surface area (TPSA) is 50.4 Å². The first kappa shape index (κ1) is 14.9. The van der Waals surface area contributed by atoms with Crippen LogP contribution in [-0.4, -0.2) is 31.2 Å². The Labute approximate surface area is 120 Å². The summed E-state index contributed by atoms with van der Waals surface area (Å²) >= 11 is 0. The molecule has 20 heavy (non-hydrogen) atoms. The number of nitrogens with one attached hydrogen (secondary N) is 2. The minimum atomic E-state index is -0.411. The monoisotopic (exact) mass is 276 g/mol. The largest absolute Gasteiger partial charge is 0.382 e. The summed E-state index contributed by atoms with van der Waals surface area (Å²) in [7, 11) is 0. The zero-order chi connectivity index (χ0) is 14.5. The molecular formula is C16H24N2O2. The number of rotatable bonds is 5. The first-order valence-electron chi connectivity index (χ1n) is 7.31. The smallest absolute Gasteiger partial charge is 0.248 e. The molecule has 2 rings (SSSR count). The molecular weight excluding hydrogens is 252 g/mol. The van der Waals surface area contributed by atoms with Gasteiger partial charge in [0.1, 0.15) is 6.10 Å². The lowest BCUT2D eigenvalue weighted by Crippen LogP contribution is -2.41. The van der Waals surface area contributed by atoms with E-state index in [4.69, 9.17) is 4.74 Å². The van der Waals surface area contributed by atoms with Crippen molar-refractivity contribution in [1.29, 1.82) is 0 Å². The summed E-state index contributed by atoms with van der Waals surface area (Å²) in [6.45, 7) is 7.41. The maximum absolute atomic E-state index is 11.9. The minimum Gasteiger partial charge on any atom is -0.382 e. The zero-order valence-electron chi connectivity index (χ0n) is 12.5. The van der Waals surface area contributed by atoms with Gasteiger partial charge in [-0.15, -0.1) is 0 Å². The Morgan fingerprint density at radius 3 is 2.90 bits per heavy atom. The van der Waals surface area contributed by atoms with Gasteiger partial charge in [0, 0.05) is 25.2 Å². The summed E-state index contributed by atoms with van der Waals surface area (Å²) in [6, 6.07) is 8.22. The second-order valence-electron chi connectivity index (χ2n) is 5.78. The predicted octanol–water partition coefficient (Wildman–Crippen LogP) is 2.20. The molecule has 4 nitrogen and oxygen atoms in total. The van der Waals surface area contributed by atoms with Crippen LogP contribution in [-0.2, 0) is 16.0 Å².